The third-order valence-electron chi connectivity index (χ3n) is 7.46. The third-order valence-corrected chi connectivity index (χ3v) is 10.2. The smallest absolute Gasteiger partial charge is 0.264 e. The summed E-state index contributed by atoms with van der Waals surface area (Å²) in [5.41, 5.74) is 2.57. The first kappa shape index (κ1) is 36.3. The van der Waals surface area contributed by atoms with Crippen molar-refractivity contribution in [3.05, 3.63) is 128 Å². The lowest BCUT2D eigenvalue weighted by Crippen LogP contribution is -2.56. The Morgan fingerprint density at radius 3 is 2.09 bits per heavy atom. The number of carbonyl (C=O) groups is 2. The van der Waals surface area contributed by atoms with Crippen molar-refractivity contribution >= 4 is 62.3 Å². The second-order valence-corrected chi connectivity index (χ2v) is 15.6. The van der Waals surface area contributed by atoms with Crippen molar-refractivity contribution in [2.24, 2.45) is 0 Å². The van der Waals surface area contributed by atoms with Gasteiger partial charge < -0.3 is 10.2 Å². The van der Waals surface area contributed by atoms with E-state index in [1.54, 1.807) is 49.4 Å². The average Bonchev–Trinajstić information content (AvgIpc) is 2.99. The molecule has 1 atom stereocenters. The van der Waals surface area contributed by atoms with Gasteiger partial charge >= 0.3 is 0 Å². The first-order valence-electron chi connectivity index (χ1n) is 15.0. The van der Waals surface area contributed by atoms with Crippen molar-refractivity contribution in [3.63, 3.8) is 0 Å². The third kappa shape index (κ3) is 9.51. The molecule has 0 bridgehead atoms. The highest BCUT2D eigenvalue weighted by molar-refractivity contribution is 7.92. The number of aryl methyl sites for hydroxylation is 2. The number of nitrogens with zero attached hydrogens (tertiary/aromatic N) is 2. The molecule has 0 aliphatic heterocycles. The number of sulfonamides is 1. The van der Waals surface area contributed by atoms with Crippen LogP contribution in [0.4, 0.5) is 5.69 Å². The fourth-order valence-corrected chi connectivity index (χ4v) is 6.99. The molecule has 0 spiro atoms. The molecule has 0 saturated carbocycles. The summed E-state index contributed by atoms with van der Waals surface area (Å²) in [5.74, 6) is -1.01. The van der Waals surface area contributed by atoms with Gasteiger partial charge in [-0.25, -0.2) is 8.42 Å². The molecule has 0 saturated heterocycles. The highest BCUT2D eigenvalue weighted by Crippen LogP contribution is 2.30. The molecule has 47 heavy (non-hydrogen) atoms. The topological polar surface area (TPSA) is 86.8 Å². The number of carbonyl (C=O) groups excluding carboxylic acids is 2. The van der Waals surface area contributed by atoms with E-state index in [1.165, 1.54) is 23.1 Å². The summed E-state index contributed by atoms with van der Waals surface area (Å²) in [5, 5.41) is 4.07. The van der Waals surface area contributed by atoms with Gasteiger partial charge in [0.15, 0.2) is 0 Å². The zero-order valence-electron chi connectivity index (χ0n) is 26.9. The van der Waals surface area contributed by atoms with E-state index in [0.717, 1.165) is 21.0 Å². The van der Waals surface area contributed by atoms with Crippen LogP contribution in [0.25, 0.3) is 0 Å². The van der Waals surface area contributed by atoms with Gasteiger partial charge in [0.05, 0.1) is 10.6 Å². The summed E-state index contributed by atoms with van der Waals surface area (Å²) in [7, 11) is -4.27. The number of nitrogens with one attached hydrogen (secondary N) is 1. The Balaban J connectivity index is 1.86. The summed E-state index contributed by atoms with van der Waals surface area (Å²) in [6.45, 7) is 8.51. The lowest BCUT2D eigenvalue weighted by atomic mass is 10.0. The number of rotatable bonds is 11. The van der Waals surface area contributed by atoms with Gasteiger partial charge in [-0.15, -0.1) is 0 Å². The fourth-order valence-electron chi connectivity index (χ4n) is 4.94. The quantitative estimate of drug-likeness (QED) is 0.171. The van der Waals surface area contributed by atoms with Gasteiger partial charge in [-0.1, -0.05) is 95.0 Å². The van der Waals surface area contributed by atoms with E-state index in [1.807, 2.05) is 58.0 Å². The Labute approximate surface area is 292 Å². The van der Waals surface area contributed by atoms with Crippen LogP contribution in [0.1, 0.15) is 43.0 Å². The van der Waals surface area contributed by atoms with Crippen molar-refractivity contribution in [1.29, 1.82) is 0 Å². The van der Waals surface area contributed by atoms with Crippen LogP contribution in [0.2, 0.25) is 15.1 Å². The summed E-state index contributed by atoms with van der Waals surface area (Å²) in [4.78, 5) is 30.0. The zero-order valence-corrected chi connectivity index (χ0v) is 30.0. The minimum absolute atomic E-state index is 0.00574. The number of halogens is 3. The van der Waals surface area contributed by atoms with Crippen LogP contribution in [0, 0.1) is 13.8 Å². The van der Waals surface area contributed by atoms with Gasteiger partial charge in [0.25, 0.3) is 10.0 Å². The second-order valence-electron chi connectivity index (χ2n) is 12.5. The minimum Gasteiger partial charge on any atom is -0.350 e. The molecule has 248 valence electrons. The van der Waals surface area contributed by atoms with Crippen molar-refractivity contribution in [3.8, 4) is 0 Å². The SMILES string of the molecule is Cc1ccc(S(=O)(=O)N(CC(=O)N(Cc2ccc(Cl)cc2Cl)[C@H](Cc2ccccc2)C(=O)NC(C)(C)C)c2ccc(C)c(Cl)c2)cc1. The van der Waals surface area contributed by atoms with E-state index in [-0.39, 0.29) is 23.5 Å². The highest BCUT2D eigenvalue weighted by atomic mass is 35.5. The highest BCUT2D eigenvalue weighted by Gasteiger charge is 2.36. The van der Waals surface area contributed by atoms with Gasteiger partial charge in [0.1, 0.15) is 12.6 Å². The molecule has 0 aliphatic rings. The van der Waals surface area contributed by atoms with Crippen LogP contribution >= 0.6 is 34.8 Å². The minimum atomic E-state index is -4.27. The molecule has 1 N–H and O–H groups in total. The maximum atomic E-state index is 14.6. The number of anilines is 1. The van der Waals surface area contributed by atoms with Crippen LogP contribution in [0.3, 0.4) is 0 Å². The second kappa shape index (κ2) is 15.1. The predicted octanol–water partition coefficient (Wildman–Crippen LogP) is 8.01. The van der Waals surface area contributed by atoms with E-state index >= 15 is 0 Å². The summed E-state index contributed by atoms with van der Waals surface area (Å²) in [6, 6.07) is 24.4. The fraction of sp³-hybridized carbons (Fsp3) is 0.278. The molecule has 0 aliphatic carbocycles. The molecule has 0 heterocycles. The molecule has 4 aromatic rings. The molecule has 4 aromatic carbocycles. The number of hydrogen-bond donors (Lipinski definition) is 1. The van der Waals surface area contributed by atoms with E-state index in [4.69, 9.17) is 34.8 Å². The molecule has 0 radical (unpaired) electrons. The molecule has 11 heteroatoms. The van der Waals surface area contributed by atoms with Gasteiger partial charge in [-0.05, 0) is 87.7 Å². The van der Waals surface area contributed by atoms with Crippen molar-refractivity contribution in [2.75, 3.05) is 10.8 Å². The van der Waals surface area contributed by atoms with Crippen LogP contribution < -0.4 is 9.62 Å². The van der Waals surface area contributed by atoms with Crippen molar-refractivity contribution in [1.82, 2.24) is 10.2 Å². The van der Waals surface area contributed by atoms with E-state index < -0.39 is 40.0 Å². The molecule has 0 aromatic heterocycles. The summed E-state index contributed by atoms with van der Waals surface area (Å²) >= 11 is 19.2. The Kier molecular flexibility index (Phi) is 11.7. The monoisotopic (exact) mass is 713 g/mol. The van der Waals surface area contributed by atoms with Gasteiger partial charge in [-0.2, -0.15) is 0 Å². The van der Waals surface area contributed by atoms with Crippen LogP contribution in [-0.4, -0.2) is 43.3 Å². The molecule has 4 rings (SSSR count). The van der Waals surface area contributed by atoms with E-state index in [0.29, 0.717) is 20.6 Å². The molecular weight excluding hydrogens is 677 g/mol. The van der Waals surface area contributed by atoms with Gasteiger partial charge in [-0.3, -0.25) is 13.9 Å². The molecule has 2 amide bonds. The van der Waals surface area contributed by atoms with Gasteiger partial charge in [0.2, 0.25) is 11.8 Å². The molecule has 0 fully saturated rings. The largest absolute Gasteiger partial charge is 0.350 e. The lowest BCUT2D eigenvalue weighted by Gasteiger charge is -2.35. The first-order valence-corrected chi connectivity index (χ1v) is 17.6. The standard InChI is InChI=1S/C36H38Cl3N3O4S/c1-24-11-17-30(18-12-24)47(45,46)42(29-16-13-25(2)31(38)21-29)23-34(43)41(22-27-14-15-28(37)20-32(27)39)33(35(44)40-36(3,4)5)19-26-9-7-6-8-10-26/h6-18,20-21,33H,19,22-23H2,1-5H3,(H,40,44)/t33-/m1/s1. The van der Waals surface area contributed by atoms with E-state index in [2.05, 4.69) is 5.32 Å². The normalized spacial score (nSPS) is 12.3. The predicted molar refractivity (Wildman–Crippen MR) is 191 cm³/mol. The van der Waals surface area contributed by atoms with E-state index in [9.17, 15) is 18.0 Å². The Hall–Kier alpha value is -3.56. The summed E-state index contributed by atoms with van der Waals surface area (Å²) in [6.07, 6.45) is 0.167. The Morgan fingerprint density at radius 1 is 0.830 bits per heavy atom. The summed E-state index contributed by atoms with van der Waals surface area (Å²) < 4.78 is 29.5. The van der Waals surface area contributed by atoms with Crippen LogP contribution in [-0.2, 0) is 32.6 Å². The average molecular weight is 715 g/mol. The molecular formula is C36H38Cl3N3O4S. The molecule has 7 nitrogen and oxygen atoms in total. The van der Waals surface area contributed by atoms with Crippen molar-refractivity contribution < 1.29 is 18.0 Å². The number of benzene rings is 4. The maximum absolute atomic E-state index is 14.6. The number of amides is 2. The Bertz CT molecular complexity index is 1840. The zero-order chi connectivity index (χ0) is 34.5. The van der Waals surface area contributed by atoms with Crippen LogP contribution in [0.15, 0.2) is 95.9 Å². The first-order chi connectivity index (χ1) is 22.0. The van der Waals surface area contributed by atoms with Crippen molar-refractivity contribution in [2.45, 2.75) is 64.1 Å². The van der Waals surface area contributed by atoms with Crippen LogP contribution in [0.5, 0.6) is 0 Å². The Morgan fingerprint density at radius 2 is 1.49 bits per heavy atom. The lowest BCUT2D eigenvalue weighted by molar-refractivity contribution is -0.140. The number of hydrogen-bond acceptors (Lipinski definition) is 4. The van der Waals surface area contributed by atoms with Gasteiger partial charge in [0, 0.05) is 33.6 Å². The maximum Gasteiger partial charge on any atom is 0.264 e. The molecule has 0 unspecified atom stereocenters.